The molecule has 0 amide bonds. The Bertz CT molecular complexity index is 305. The van der Waals surface area contributed by atoms with Crippen LogP contribution in [0.15, 0.2) is 18.2 Å². The lowest BCUT2D eigenvalue weighted by atomic mass is 9.90. The first-order valence-electron chi connectivity index (χ1n) is 4.46. The maximum Gasteiger partial charge on any atom is 0.0868 e. The highest BCUT2D eigenvalue weighted by Gasteiger charge is 2.21. The SMILES string of the molecule is CC[C@@](C)(O)c1ccc(Cl)cc1C. The summed E-state index contributed by atoms with van der Waals surface area (Å²) in [5.74, 6) is 0. The molecule has 0 heterocycles. The number of hydrogen-bond donors (Lipinski definition) is 1. The van der Waals surface area contributed by atoms with E-state index in [1.54, 1.807) is 0 Å². The summed E-state index contributed by atoms with van der Waals surface area (Å²) in [5, 5.41) is 10.7. The molecule has 1 aromatic rings. The van der Waals surface area contributed by atoms with Crippen LogP contribution in [0.1, 0.15) is 31.4 Å². The normalized spacial score (nSPS) is 15.5. The fraction of sp³-hybridized carbons (Fsp3) is 0.455. The first kappa shape index (κ1) is 10.6. The molecule has 0 aliphatic carbocycles. The Morgan fingerprint density at radius 1 is 1.46 bits per heavy atom. The van der Waals surface area contributed by atoms with Gasteiger partial charge in [0.1, 0.15) is 0 Å². The van der Waals surface area contributed by atoms with E-state index in [0.717, 1.165) is 11.1 Å². The average Bonchev–Trinajstić information content (AvgIpc) is 2.03. The van der Waals surface area contributed by atoms with Gasteiger partial charge in [-0.05, 0) is 43.5 Å². The van der Waals surface area contributed by atoms with Crippen molar-refractivity contribution in [2.24, 2.45) is 0 Å². The summed E-state index contributed by atoms with van der Waals surface area (Å²) in [7, 11) is 0. The van der Waals surface area contributed by atoms with Crippen molar-refractivity contribution in [3.63, 3.8) is 0 Å². The molecule has 72 valence electrons. The minimum atomic E-state index is -0.741. The molecule has 0 bridgehead atoms. The van der Waals surface area contributed by atoms with Gasteiger partial charge in [0.25, 0.3) is 0 Å². The standard InChI is InChI=1S/C11H15ClO/c1-4-11(3,13)10-6-5-9(12)7-8(10)2/h5-7,13H,4H2,1-3H3/t11-/m1/s1. The number of halogens is 1. The van der Waals surface area contributed by atoms with Gasteiger partial charge >= 0.3 is 0 Å². The molecule has 0 aromatic heterocycles. The van der Waals surface area contributed by atoms with E-state index in [1.165, 1.54) is 0 Å². The molecular formula is C11H15ClO. The number of rotatable bonds is 2. The van der Waals surface area contributed by atoms with Gasteiger partial charge in [-0.25, -0.2) is 0 Å². The summed E-state index contributed by atoms with van der Waals surface area (Å²) in [6.45, 7) is 5.75. The van der Waals surface area contributed by atoms with Crippen LogP contribution in [-0.4, -0.2) is 5.11 Å². The summed E-state index contributed by atoms with van der Waals surface area (Å²) in [6, 6.07) is 5.58. The topological polar surface area (TPSA) is 20.2 Å². The van der Waals surface area contributed by atoms with Gasteiger partial charge in [-0.15, -0.1) is 0 Å². The average molecular weight is 199 g/mol. The summed E-state index contributed by atoms with van der Waals surface area (Å²) in [4.78, 5) is 0. The van der Waals surface area contributed by atoms with Crippen molar-refractivity contribution in [1.82, 2.24) is 0 Å². The molecule has 1 nitrogen and oxygen atoms in total. The van der Waals surface area contributed by atoms with E-state index in [0.29, 0.717) is 11.4 Å². The third-order valence-electron chi connectivity index (χ3n) is 2.46. The number of aliphatic hydroxyl groups is 1. The smallest absolute Gasteiger partial charge is 0.0868 e. The Labute approximate surface area is 84.4 Å². The number of hydrogen-bond acceptors (Lipinski definition) is 1. The molecule has 1 atom stereocenters. The maximum absolute atomic E-state index is 10.0. The number of aryl methyl sites for hydroxylation is 1. The fourth-order valence-corrected chi connectivity index (χ4v) is 1.65. The number of benzene rings is 1. The monoisotopic (exact) mass is 198 g/mol. The van der Waals surface area contributed by atoms with Gasteiger partial charge in [0.15, 0.2) is 0 Å². The van der Waals surface area contributed by atoms with Crippen LogP contribution in [-0.2, 0) is 5.60 Å². The first-order chi connectivity index (χ1) is 5.97. The highest BCUT2D eigenvalue weighted by atomic mass is 35.5. The molecule has 0 saturated heterocycles. The van der Waals surface area contributed by atoms with E-state index in [2.05, 4.69) is 0 Å². The lowest BCUT2D eigenvalue weighted by Crippen LogP contribution is -2.20. The molecule has 2 heteroatoms. The second-order valence-electron chi connectivity index (χ2n) is 3.59. The van der Waals surface area contributed by atoms with E-state index in [1.807, 2.05) is 39.0 Å². The summed E-state index contributed by atoms with van der Waals surface area (Å²) >= 11 is 5.83. The second kappa shape index (κ2) is 3.69. The van der Waals surface area contributed by atoms with Crippen LogP contribution in [0.4, 0.5) is 0 Å². The highest BCUT2D eigenvalue weighted by molar-refractivity contribution is 6.30. The van der Waals surface area contributed by atoms with E-state index in [-0.39, 0.29) is 0 Å². The third kappa shape index (κ3) is 2.23. The molecular weight excluding hydrogens is 184 g/mol. The van der Waals surface area contributed by atoms with Crippen molar-refractivity contribution in [2.45, 2.75) is 32.8 Å². The molecule has 0 radical (unpaired) electrons. The molecule has 1 N–H and O–H groups in total. The van der Waals surface area contributed by atoms with Gasteiger partial charge in [0.2, 0.25) is 0 Å². The molecule has 0 spiro atoms. The van der Waals surface area contributed by atoms with Crippen LogP contribution in [0.2, 0.25) is 5.02 Å². The predicted octanol–water partition coefficient (Wildman–Crippen LogP) is 3.27. The van der Waals surface area contributed by atoms with Gasteiger partial charge in [-0.1, -0.05) is 24.6 Å². The largest absolute Gasteiger partial charge is 0.385 e. The van der Waals surface area contributed by atoms with Crippen molar-refractivity contribution in [3.05, 3.63) is 34.3 Å². The van der Waals surface area contributed by atoms with E-state index in [4.69, 9.17) is 11.6 Å². The van der Waals surface area contributed by atoms with E-state index in [9.17, 15) is 5.11 Å². The third-order valence-corrected chi connectivity index (χ3v) is 2.69. The Hall–Kier alpha value is -0.530. The van der Waals surface area contributed by atoms with Gasteiger partial charge in [-0.2, -0.15) is 0 Å². The maximum atomic E-state index is 10.0. The molecule has 1 aromatic carbocycles. The van der Waals surface area contributed by atoms with E-state index < -0.39 is 5.60 Å². The molecule has 0 aliphatic heterocycles. The van der Waals surface area contributed by atoms with Crippen molar-refractivity contribution >= 4 is 11.6 Å². The summed E-state index contributed by atoms with van der Waals surface area (Å²) in [5.41, 5.74) is 1.26. The van der Waals surface area contributed by atoms with Crippen LogP contribution in [0.25, 0.3) is 0 Å². The van der Waals surface area contributed by atoms with Crippen molar-refractivity contribution in [3.8, 4) is 0 Å². The Kier molecular flexibility index (Phi) is 2.99. The van der Waals surface area contributed by atoms with Crippen LogP contribution < -0.4 is 0 Å². The predicted molar refractivity (Wildman–Crippen MR) is 56.1 cm³/mol. The Balaban J connectivity index is 3.16. The van der Waals surface area contributed by atoms with Crippen molar-refractivity contribution in [1.29, 1.82) is 0 Å². The summed E-state index contributed by atoms with van der Waals surface area (Å²) < 4.78 is 0. The van der Waals surface area contributed by atoms with Crippen molar-refractivity contribution < 1.29 is 5.11 Å². The van der Waals surface area contributed by atoms with Crippen LogP contribution in [0.3, 0.4) is 0 Å². The fourth-order valence-electron chi connectivity index (χ4n) is 1.42. The Morgan fingerprint density at radius 2 is 2.08 bits per heavy atom. The zero-order valence-corrected chi connectivity index (χ0v) is 9.02. The molecule has 0 saturated carbocycles. The molecule has 0 aliphatic rings. The lowest BCUT2D eigenvalue weighted by molar-refractivity contribution is 0.0524. The second-order valence-corrected chi connectivity index (χ2v) is 4.02. The zero-order chi connectivity index (χ0) is 10.1. The van der Waals surface area contributed by atoms with Crippen LogP contribution in [0.5, 0.6) is 0 Å². The highest BCUT2D eigenvalue weighted by Crippen LogP contribution is 2.28. The first-order valence-corrected chi connectivity index (χ1v) is 4.84. The molecule has 0 unspecified atom stereocenters. The lowest BCUT2D eigenvalue weighted by Gasteiger charge is -2.23. The van der Waals surface area contributed by atoms with Gasteiger partial charge in [-0.3, -0.25) is 0 Å². The van der Waals surface area contributed by atoms with Gasteiger partial charge in [0, 0.05) is 5.02 Å². The van der Waals surface area contributed by atoms with Crippen molar-refractivity contribution in [2.75, 3.05) is 0 Å². The Morgan fingerprint density at radius 3 is 2.54 bits per heavy atom. The molecule has 1 rings (SSSR count). The molecule has 13 heavy (non-hydrogen) atoms. The minimum absolute atomic E-state index is 0.704. The van der Waals surface area contributed by atoms with Crippen LogP contribution >= 0.6 is 11.6 Å². The quantitative estimate of drug-likeness (QED) is 0.774. The minimum Gasteiger partial charge on any atom is -0.385 e. The zero-order valence-electron chi connectivity index (χ0n) is 8.26. The van der Waals surface area contributed by atoms with Crippen LogP contribution in [0, 0.1) is 6.92 Å². The van der Waals surface area contributed by atoms with Gasteiger partial charge in [0.05, 0.1) is 5.60 Å². The van der Waals surface area contributed by atoms with E-state index >= 15 is 0 Å². The van der Waals surface area contributed by atoms with Gasteiger partial charge < -0.3 is 5.11 Å². The molecule has 0 fully saturated rings. The summed E-state index contributed by atoms with van der Waals surface area (Å²) in [6.07, 6.45) is 0.704.